The number of alkyl halides is 3. The molecule has 1 aromatic rings. The van der Waals surface area contributed by atoms with Crippen LogP contribution in [0.4, 0.5) is 13.2 Å². The van der Waals surface area contributed by atoms with Gasteiger partial charge in [0, 0.05) is 38.7 Å². The van der Waals surface area contributed by atoms with Crippen LogP contribution in [0, 0.1) is 0 Å². The zero-order chi connectivity index (χ0) is 20.5. The average Bonchev–Trinajstić information content (AvgIpc) is 3.31. The average molecular weight is 539 g/mol. The van der Waals surface area contributed by atoms with Gasteiger partial charge in [0.1, 0.15) is 6.10 Å². The first-order chi connectivity index (χ1) is 13.9. The van der Waals surface area contributed by atoms with E-state index in [0.29, 0.717) is 19.7 Å². The Kier molecular flexibility index (Phi) is 7.55. The molecular formula is C21H29F3IN3O2. The number of nitrogens with one attached hydrogen (secondary N) is 1. The molecule has 1 aromatic carbocycles. The van der Waals surface area contributed by atoms with Crippen LogP contribution in [0.1, 0.15) is 36.8 Å². The number of ether oxygens (including phenoxy) is 2. The van der Waals surface area contributed by atoms with Crippen LogP contribution < -0.4 is 5.32 Å². The molecule has 1 aliphatic carbocycles. The van der Waals surface area contributed by atoms with E-state index in [4.69, 9.17) is 9.47 Å². The van der Waals surface area contributed by atoms with Crippen LogP contribution in [0.5, 0.6) is 0 Å². The zero-order valence-corrected chi connectivity index (χ0v) is 19.4. The molecule has 168 valence electrons. The number of aliphatic imine (C=N–C) groups is 1. The van der Waals surface area contributed by atoms with Crippen LogP contribution in [-0.4, -0.2) is 63.0 Å². The van der Waals surface area contributed by atoms with Gasteiger partial charge in [0.25, 0.3) is 0 Å². The first-order valence-electron chi connectivity index (χ1n) is 10.3. The van der Waals surface area contributed by atoms with Gasteiger partial charge in [0.2, 0.25) is 0 Å². The van der Waals surface area contributed by atoms with Crippen molar-refractivity contribution in [1.82, 2.24) is 10.2 Å². The number of halogens is 4. The van der Waals surface area contributed by atoms with E-state index in [0.717, 1.165) is 56.4 Å². The molecule has 2 unspecified atom stereocenters. The number of morpholine rings is 1. The summed E-state index contributed by atoms with van der Waals surface area (Å²) in [5.41, 5.74) is -0.0926. The SMILES string of the molecule is CN=C(NCC1(c2cccc(C(F)(F)F)c2)CC1)N1CCOC(C2CCCO2)C1.I. The summed E-state index contributed by atoms with van der Waals surface area (Å²) in [5.74, 6) is 0.773. The third-order valence-electron chi connectivity index (χ3n) is 6.23. The van der Waals surface area contributed by atoms with Gasteiger partial charge in [-0.3, -0.25) is 4.99 Å². The van der Waals surface area contributed by atoms with E-state index >= 15 is 0 Å². The summed E-state index contributed by atoms with van der Waals surface area (Å²) in [5, 5.41) is 3.41. The van der Waals surface area contributed by atoms with Crippen molar-refractivity contribution in [2.24, 2.45) is 4.99 Å². The van der Waals surface area contributed by atoms with Gasteiger partial charge < -0.3 is 19.7 Å². The lowest BCUT2D eigenvalue weighted by molar-refractivity contribution is -0.137. The number of guanidine groups is 1. The minimum Gasteiger partial charge on any atom is -0.375 e. The Hall–Kier alpha value is -1.07. The summed E-state index contributed by atoms with van der Waals surface area (Å²) >= 11 is 0. The predicted molar refractivity (Wildman–Crippen MR) is 119 cm³/mol. The number of rotatable bonds is 4. The van der Waals surface area contributed by atoms with Gasteiger partial charge in [-0.05, 0) is 37.3 Å². The lowest BCUT2D eigenvalue weighted by Gasteiger charge is -2.37. The Labute approximate surface area is 192 Å². The second-order valence-corrected chi connectivity index (χ2v) is 8.17. The van der Waals surface area contributed by atoms with Gasteiger partial charge in [-0.25, -0.2) is 0 Å². The summed E-state index contributed by atoms with van der Waals surface area (Å²) in [7, 11) is 1.74. The Morgan fingerprint density at radius 3 is 2.63 bits per heavy atom. The second kappa shape index (κ2) is 9.60. The molecule has 0 bridgehead atoms. The van der Waals surface area contributed by atoms with Crippen molar-refractivity contribution in [3.63, 3.8) is 0 Å². The highest BCUT2D eigenvalue weighted by atomic mass is 127. The molecule has 30 heavy (non-hydrogen) atoms. The Balaban J connectivity index is 0.00000256. The first-order valence-corrected chi connectivity index (χ1v) is 10.3. The third kappa shape index (κ3) is 5.21. The highest BCUT2D eigenvalue weighted by Crippen LogP contribution is 2.48. The summed E-state index contributed by atoms with van der Waals surface area (Å²) in [4.78, 5) is 6.57. The summed E-state index contributed by atoms with van der Waals surface area (Å²) in [6.45, 7) is 3.42. The topological polar surface area (TPSA) is 46.1 Å². The molecule has 2 saturated heterocycles. The molecular weight excluding hydrogens is 510 g/mol. The molecule has 0 spiro atoms. The third-order valence-corrected chi connectivity index (χ3v) is 6.23. The zero-order valence-electron chi connectivity index (χ0n) is 17.1. The summed E-state index contributed by atoms with van der Waals surface area (Å²) in [6, 6.07) is 5.72. The van der Waals surface area contributed by atoms with Gasteiger partial charge >= 0.3 is 6.18 Å². The predicted octanol–water partition coefficient (Wildman–Crippen LogP) is 3.81. The van der Waals surface area contributed by atoms with Crippen LogP contribution in [0.25, 0.3) is 0 Å². The van der Waals surface area contributed by atoms with Crippen LogP contribution in [0.3, 0.4) is 0 Å². The van der Waals surface area contributed by atoms with Crippen molar-refractivity contribution < 1.29 is 22.6 Å². The first kappa shape index (κ1) is 23.6. The van der Waals surface area contributed by atoms with Crippen molar-refractivity contribution in [2.45, 2.75) is 49.5 Å². The number of benzene rings is 1. The Morgan fingerprint density at radius 1 is 1.23 bits per heavy atom. The molecule has 0 aromatic heterocycles. The van der Waals surface area contributed by atoms with Crippen molar-refractivity contribution in [1.29, 1.82) is 0 Å². The fourth-order valence-corrected chi connectivity index (χ4v) is 4.31. The number of nitrogens with zero attached hydrogens (tertiary/aromatic N) is 2. The number of hydrogen-bond donors (Lipinski definition) is 1. The van der Waals surface area contributed by atoms with Gasteiger partial charge in [0.15, 0.2) is 5.96 Å². The Bertz CT molecular complexity index is 749. The van der Waals surface area contributed by atoms with Crippen LogP contribution in [0.2, 0.25) is 0 Å². The van der Waals surface area contributed by atoms with Gasteiger partial charge in [-0.2, -0.15) is 13.2 Å². The lowest BCUT2D eigenvalue weighted by atomic mass is 9.94. The molecule has 1 N–H and O–H groups in total. The van der Waals surface area contributed by atoms with E-state index in [2.05, 4.69) is 15.2 Å². The molecule has 0 radical (unpaired) electrons. The van der Waals surface area contributed by atoms with Crippen molar-refractivity contribution >= 4 is 29.9 Å². The maximum Gasteiger partial charge on any atom is 0.416 e. The standard InChI is InChI=1S/C21H28F3N3O2.HI/c1-25-19(27-9-11-29-18(13-27)17-6-3-10-28-17)26-14-20(7-8-20)15-4-2-5-16(12-15)21(22,23)24;/h2,4-5,12,17-18H,3,6-11,13-14H2,1H3,(H,25,26);1H. The second-order valence-electron chi connectivity index (χ2n) is 8.17. The van der Waals surface area contributed by atoms with Gasteiger partial charge in [0.05, 0.1) is 18.3 Å². The highest BCUT2D eigenvalue weighted by molar-refractivity contribution is 14.0. The van der Waals surface area contributed by atoms with E-state index in [1.165, 1.54) is 12.1 Å². The summed E-state index contributed by atoms with van der Waals surface area (Å²) in [6.07, 6.45) is -0.320. The van der Waals surface area contributed by atoms with E-state index in [-0.39, 0.29) is 41.6 Å². The monoisotopic (exact) mass is 539 g/mol. The number of hydrogen-bond acceptors (Lipinski definition) is 3. The minimum atomic E-state index is -4.32. The van der Waals surface area contributed by atoms with Crippen molar-refractivity contribution in [3.8, 4) is 0 Å². The van der Waals surface area contributed by atoms with Crippen LogP contribution >= 0.6 is 24.0 Å². The largest absolute Gasteiger partial charge is 0.416 e. The highest BCUT2D eigenvalue weighted by Gasteiger charge is 2.45. The fraction of sp³-hybridized carbons (Fsp3) is 0.667. The van der Waals surface area contributed by atoms with Crippen molar-refractivity contribution in [2.75, 3.05) is 39.9 Å². The van der Waals surface area contributed by atoms with E-state index in [1.54, 1.807) is 13.1 Å². The molecule has 2 atom stereocenters. The van der Waals surface area contributed by atoms with Crippen LogP contribution in [0.15, 0.2) is 29.3 Å². The molecule has 2 heterocycles. The quantitative estimate of drug-likeness (QED) is 0.360. The molecule has 5 nitrogen and oxygen atoms in total. The smallest absolute Gasteiger partial charge is 0.375 e. The van der Waals surface area contributed by atoms with E-state index < -0.39 is 11.7 Å². The van der Waals surface area contributed by atoms with Gasteiger partial charge in [-0.1, -0.05) is 18.2 Å². The molecule has 2 aliphatic heterocycles. The van der Waals surface area contributed by atoms with Crippen molar-refractivity contribution in [3.05, 3.63) is 35.4 Å². The minimum absolute atomic E-state index is 0. The maximum atomic E-state index is 13.1. The molecule has 0 amide bonds. The molecule has 4 rings (SSSR count). The van der Waals surface area contributed by atoms with E-state index in [1.807, 2.05) is 0 Å². The fourth-order valence-electron chi connectivity index (χ4n) is 4.31. The molecule has 9 heteroatoms. The van der Waals surface area contributed by atoms with E-state index in [9.17, 15) is 13.2 Å². The Morgan fingerprint density at radius 2 is 2.00 bits per heavy atom. The summed E-state index contributed by atoms with van der Waals surface area (Å²) < 4.78 is 50.9. The molecule has 1 saturated carbocycles. The molecule has 3 fully saturated rings. The van der Waals surface area contributed by atoms with Gasteiger partial charge in [-0.15, -0.1) is 24.0 Å². The van der Waals surface area contributed by atoms with Crippen LogP contribution in [-0.2, 0) is 21.1 Å². The molecule has 3 aliphatic rings. The lowest BCUT2D eigenvalue weighted by Crippen LogP contribution is -2.54. The normalized spacial score (nSPS) is 26.3. The maximum absolute atomic E-state index is 13.1.